The zero-order valence-electron chi connectivity index (χ0n) is 38.9. The second-order valence-corrected chi connectivity index (χ2v) is 16.0. The van der Waals surface area contributed by atoms with Crippen LogP contribution in [0.25, 0.3) is 0 Å². The largest absolute Gasteiger partial charge is 0.353 e. The summed E-state index contributed by atoms with van der Waals surface area (Å²) < 4.78 is 42.6. The number of allylic oxidation sites excluding steroid dienone is 2. The Morgan fingerprint density at radius 3 is 0.947 bits per heavy atom. The Morgan fingerprint density at radius 2 is 0.614 bits per heavy atom. The molecule has 0 spiro atoms. The average molecular weight is 811 g/mol. The van der Waals surface area contributed by atoms with Crippen LogP contribution in [0.4, 0.5) is 0 Å². The molecule has 0 aliphatic heterocycles. The average Bonchev–Trinajstić information content (AvgIpc) is 3.22. The Morgan fingerprint density at radius 1 is 0.298 bits per heavy atom. The van der Waals surface area contributed by atoms with Gasteiger partial charge >= 0.3 is 0 Å². The Labute approximate surface area is 355 Å². The van der Waals surface area contributed by atoms with Crippen molar-refractivity contribution in [2.45, 2.75) is 259 Å². The zero-order chi connectivity index (χ0) is 41.5. The molecule has 0 saturated heterocycles. The van der Waals surface area contributed by atoms with E-state index in [0.29, 0.717) is 0 Å². The highest BCUT2D eigenvalue weighted by atomic mass is 16.8. The van der Waals surface area contributed by atoms with Crippen LogP contribution in [0, 0.1) is 0 Å². The number of hydrogen-bond donors (Lipinski definition) is 0. The summed E-state index contributed by atoms with van der Waals surface area (Å²) in [5.74, 6) is 0. The summed E-state index contributed by atoms with van der Waals surface area (Å²) in [4.78, 5) is 0. The Bertz CT molecular complexity index is 726. The van der Waals surface area contributed by atoms with Gasteiger partial charge in [-0.05, 0) is 102 Å². The summed E-state index contributed by atoms with van der Waals surface area (Å²) in [6.45, 7) is 17.7. The molecular formula is C50H98O7. The number of hydrogen-bond acceptors (Lipinski definition) is 7. The van der Waals surface area contributed by atoms with Crippen LogP contribution in [-0.2, 0) is 33.2 Å². The Hall–Kier alpha value is -0.800. The van der Waals surface area contributed by atoms with Gasteiger partial charge in [-0.15, -0.1) is 0 Å². The van der Waals surface area contributed by atoms with Crippen molar-refractivity contribution in [3.63, 3.8) is 0 Å². The van der Waals surface area contributed by atoms with Crippen molar-refractivity contribution in [2.75, 3.05) is 39.6 Å². The van der Waals surface area contributed by atoms with Crippen LogP contribution in [0.1, 0.15) is 234 Å². The van der Waals surface area contributed by atoms with Gasteiger partial charge in [0, 0.05) is 26.4 Å². The topological polar surface area (TPSA) is 64.6 Å². The van der Waals surface area contributed by atoms with E-state index < -0.39 is 0 Å². The minimum Gasteiger partial charge on any atom is -0.353 e. The molecule has 57 heavy (non-hydrogen) atoms. The lowest BCUT2D eigenvalue weighted by Crippen LogP contribution is -2.25. The van der Waals surface area contributed by atoms with Crippen molar-refractivity contribution in [3.05, 3.63) is 24.3 Å². The van der Waals surface area contributed by atoms with Gasteiger partial charge in [-0.25, -0.2) is 0 Å². The van der Waals surface area contributed by atoms with Crippen LogP contribution in [0.15, 0.2) is 24.3 Å². The summed E-state index contributed by atoms with van der Waals surface area (Å²) in [6, 6.07) is 0. The first-order valence-corrected chi connectivity index (χ1v) is 24.8. The normalized spacial score (nSPS) is 13.3. The van der Waals surface area contributed by atoms with Gasteiger partial charge in [0.05, 0.1) is 13.2 Å². The summed E-state index contributed by atoms with van der Waals surface area (Å²) >= 11 is 0. The maximum atomic E-state index is 6.50. The van der Waals surface area contributed by atoms with E-state index >= 15 is 0 Å². The van der Waals surface area contributed by atoms with Crippen molar-refractivity contribution < 1.29 is 33.2 Å². The van der Waals surface area contributed by atoms with Crippen molar-refractivity contribution in [1.82, 2.24) is 0 Å². The predicted octanol–water partition coefficient (Wildman–Crippen LogP) is 15.3. The third-order valence-electron chi connectivity index (χ3n) is 10.1. The van der Waals surface area contributed by atoms with Gasteiger partial charge < -0.3 is 33.2 Å². The molecule has 2 atom stereocenters. The second kappa shape index (κ2) is 47.9. The minimum atomic E-state index is -0.380. The van der Waals surface area contributed by atoms with Gasteiger partial charge in [-0.1, -0.05) is 156 Å². The predicted molar refractivity (Wildman–Crippen MR) is 243 cm³/mol. The van der Waals surface area contributed by atoms with E-state index in [9.17, 15) is 0 Å². The first-order chi connectivity index (χ1) is 28.1. The monoisotopic (exact) mass is 811 g/mol. The van der Waals surface area contributed by atoms with Crippen LogP contribution in [-0.4, -0.2) is 64.8 Å². The van der Waals surface area contributed by atoms with Crippen LogP contribution >= 0.6 is 0 Å². The molecule has 0 radical (unpaired) electrons. The van der Waals surface area contributed by atoms with Gasteiger partial charge in [0.15, 0.2) is 25.2 Å². The minimum absolute atomic E-state index is 0.0177. The Kier molecular flexibility index (Phi) is 47.2. The molecule has 0 fully saturated rings. The molecule has 0 aliphatic carbocycles. The third kappa shape index (κ3) is 41.7. The van der Waals surface area contributed by atoms with Crippen LogP contribution in [0.2, 0.25) is 0 Å². The van der Waals surface area contributed by atoms with Gasteiger partial charge in [-0.2, -0.15) is 0 Å². The zero-order valence-corrected chi connectivity index (χ0v) is 38.9. The number of rotatable bonds is 48. The molecule has 340 valence electrons. The van der Waals surface area contributed by atoms with E-state index in [1.807, 2.05) is 0 Å². The third-order valence-corrected chi connectivity index (χ3v) is 10.1. The van der Waals surface area contributed by atoms with Crippen molar-refractivity contribution in [2.24, 2.45) is 0 Å². The molecule has 0 heterocycles. The lowest BCUT2D eigenvalue weighted by atomic mass is 10.1. The molecule has 2 unspecified atom stereocenters. The van der Waals surface area contributed by atoms with Gasteiger partial charge in [0.25, 0.3) is 0 Å². The van der Waals surface area contributed by atoms with E-state index in [4.69, 9.17) is 33.2 Å². The summed E-state index contributed by atoms with van der Waals surface area (Å²) in [6.07, 6.45) is 43.5. The van der Waals surface area contributed by atoms with Gasteiger partial charge in [0.1, 0.15) is 0 Å². The Balaban J connectivity index is 4.69. The molecule has 0 aliphatic rings. The lowest BCUT2D eigenvalue weighted by molar-refractivity contribution is -0.208. The smallest absolute Gasteiger partial charge is 0.180 e. The molecule has 0 saturated carbocycles. The van der Waals surface area contributed by atoms with Crippen molar-refractivity contribution in [3.8, 4) is 0 Å². The molecule has 0 N–H and O–H groups in total. The van der Waals surface area contributed by atoms with E-state index in [-0.39, 0.29) is 25.2 Å². The first kappa shape index (κ1) is 56.2. The van der Waals surface area contributed by atoms with E-state index in [0.717, 1.165) is 104 Å². The summed E-state index contributed by atoms with van der Waals surface area (Å²) in [7, 11) is 0. The number of unbranched alkanes of at least 4 members (excludes halogenated alkanes) is 20. The molecule has 0 aromatic rings. The van der Waals surface area contributed by atoms with Crippen LogP contribution < -0.4 is 0 Å². The van der Waals surface area contributed by atoms with Gasteiger partial charge in [0.2, 0.25) is 0 Å². The van der Waals surface area contributed by atoms with Crippen molar-refractivity contribution >= 4 is 0 Å². The molecule has 0 rings (SSSR count). The standard InChI is InChI=1S/C50H98O7/c1-7-13-15-35-45-55-49(39-33-29-25-21-17-19-23-27-31-37-47(51-41-9-3)52-42-10-4)57-50(56-46-36-16-14-8-2)40-34-30-26-22-18-20-24-28-32-38-48(53-43-11-5)54-44-12-6/h33-34,39-40,47-50H,7-32,35-38,41-46H2,1-6H3. The molecule has 0 amide bonds. The maximum absolute atomic E-state index is 6.50. The fraction of sp³-hybridized carbons (Fsp3) is 0.920. The highest BCUT2D eigenvalue weighted by molar-refractivity contribution is 4.90. The van der Waals surface area contributed by atoms with Crippen LogP contribution in [0.3, 0.4) is 0 Å². The fourth-order valence-electron chi connectivity index (χ4n) is 6.62. The molecule has 7 nitrogen and oxygen atoms in total. The van der Waals surface area contributed by atoms with E-state index in [2.05, 4.69) is 65.8 Å². The lowest BCUT2D eigenvalue weighted by Gasteiger charge is -2.22. The molecule has 0 aromatic carbocycles. The quantitative estimate of drug-likeness (QED) is 0.0344. The van der Waals surface area contributed by atoms with Gasteiger partial charge in [-0.3, -0.25) is 0 Å². The fourth-order valence-corrected chi connectivity index (χ4v) is 6.62. The first-order valence-electron chi connectivity index (χ1n) is 24.8. The molecule has 0 bridgehead atoms. The molecular weight excluding hydrogens is 713 g/mol. The number of ether oxygens (including phenoxy) is 7. The van der Waals surface area contributed by atoms with E-state index in [1.54, 1.807) is 0 Å². The highest BCUT2D eigenvalue weighted by Gasteiger charge is 2.14. The van der Waals surface area contributed by atoms with E-state index in [1.165, 1.54) is 128 Å². The van der Waals surface area contributed by atoms with Crippen molar-refractivity contribution in [1.29, 1.82) is 0 Å². The molecule has 7 heteroatoms. The van der Waals surface area contributed by atoms with Crippen LogP contribution in [0.5, 0.6) is 0 Å². The highest BCUT2D eigenvalue weighted by Crippen LogP contribution is 2.17. The summed E-state index contributed by atoms with van der Waals surface area (Å²) in [5, 5.41) is 0. The second-order valence-electron chi connectivity index (χ2n) is 16.0. The molecule has 0 aromatic heterocycles. The summed E-state index contributed by atoms with van der Waals surface area (Å²) in [5.41, 5.74) is 0. The maximum Gasteiger partial charge on any atom is 0.180 e. The SMILES string of the molecule is CCCCCCOC(C=CCCCCCCCCCC(OCCC)OCCC)OC(C=CCCCCCCCCCC(OCCC)OCCC)OCCCCCC.